The van der Waals surface area contributed by atoms with Gasteiger partial charge in [-0.05, 0) is 48.9 Å². The Morgan fingerprint density at radius 3 is 2.24 bits per heavy atom. The van der Waals surface area contributed by atoms with Crippen LogP contribution in [-0.2, 0) is 6.42 Å². The van der Waals surface area contributed by atoms with Crippen LogP contribution in [0.2, 0.25) is 0 Å². The number of hydrogen-bond acceptors (Lipinski definition) is 2. The normalized spacial score (nSPS) is 22.0. The second kappa shape index (κ2) is 6.77. The summed E-state index contributed by atoms with van der Waals surface area (Å²) in [6.07, 6.45) is 5.76. The Bertz CT molecular complexity index is 550. The SMILES string of the molecule is NC1CCCCC1Oc1ccc(Cc2ccccc2)cc1. The van der Waals surface area contributed by atoms with Gasteiger partial charge < -0.3 is 10.5 Å². The first-order valence-electron chi connectivity index (χ1n) is 7.86. The van der Waals surface area contributed by atoms with Gasteiger partial charge in [-0.3, -0.25) is 0 Å². The van der Waals surface area contributed by atoms with E-state index in [1.54, 1.807) is 0 Å². The monoisotopic (exact) mass is 281 g/mol. The molecule has 0 aliphatic heterocycles. The Balaban J connectivity index is 1.61. The van der Waals surface area contributed by atoms with E-state index in [1.807, 2.05) is 6.07 Å². The van der Waals surface area contributed by atoms with Crippen LogP contribution in [0.1, 0.15) is 36.8 Å². The maximum Gasteiger partial charge on any atom is 0.119 e. The highest BCUT2D eigenvalue weighted by molar-refractivity contribution is 5.31. The first-order valence-corrected chi connectivity index (χ1v) is 7.86. The summed E-state index contributed by atoms with van der Waals surface area (Å²) < 4.78 is 6.05. The molecular formula is C19H23NO. The minimum atomic E-state index is 0.179. The molecule has 2 unspecified atom stereocenters. The first kappa shape index (κ1) is 14.2. The molecule has 1 aliphatic rings. The Morgan fingerprint density at radius 2 is 1.52 bits per heavy atom. The largest absolute Gasteiger partial charge is 0.489 e. The number of hydrogen-bond donors (Lipinski definition) is 1. The summed E-state index contributed by atoms with van der Waals surface area (Å²) in [6, 6.07) is 19.1. The molecule has 2 aromatic rings. The third-order valence-corrected chi connectivity index (χ3v) is 4.22. The molecule has 0 aromatic heterocycles. The van der Waals surface area contributed by atoms with Gasteiger partial charge >= 0.3 is 0 Å². The molecule has 21 heavy (non-hydrogen) atoms. The van der Waals surface area contributed by atoms with Crippen molar-refractivity contribution in [3.05, 3.63) is 65.7 Å². The quantitative estimate of drug-likeness (QED) is 0.921. The molecule has 2 N–H and O–H groups in total. The van der Waals surface area contributed by atoms with E-state index < -0.39 is 0 Å². The van der Waals surface area contributed by atoms with Crippen molar-refractivity contribution in [2.75, 3.05) is 0 Å². The summed E-state index contributed by atoms with van der Waals surface area (Å²) in [7, 11) is 0. The van der Waals surface area contributed by atoms with Crippen molar-refractivity contribution in [1.82, 2.24) is 0 Å². The number of nitrogens with two attached hydrogens (primary N) is 1. The third kappa shape index (κ3) is 3.85. The molecule has 2 aromatic carbocycles. The van der Waals surface area contributed by atoms with Crippen LogP contribution in [0.15, 0.2) is 54.6 Å². The molecule has 110 valence electrons. The van der Waals surface area contributed by atoms with Crippen molar-refractivity contribution in [2.45, 2.75) is 44.2 Å². The molecular weight excluding hydrogens is 258 g/mol. The highest BCUT2D eigenvalue weighted by Gasteiger charge is 2.23. The second-order valence-corrected chi connectivity index (χ2v) is 5.91. The van der Waals surface area contributed by atoms with Gasteiger partial charge in [0.1, 0.15) is 11.9 Å². The Hall–Kier alpha value is -1.80. The second-order valence-electron chi connectivity index (χ2n) is 5.91. The highest BCUT2D eigenvalue weighted by Crippen LogP contribution is 2.23. The molecule has 0 heterocycles. The fourth-order valence-electron chi connectivity index (χ4n) is 2.96. The van der Waals surface area contributed by atoms with Crippen LogP contribution in [0.3, 0.4) is 0 Å². The summed E-state index contributed by atoms with van der Waals surface area (Å²) in [5, 5.41) is 0. The van der Waals surface area contributed by atoms with Crippen LogP contribution in [0.5, 0.6) is 5.75 Å². The van der Waals surface area contributed by atoms with Gasteiger partial charge in [0.15, 0.2) is 0 Å². The zero-order valence-electron chi connectivity index (χ0n) is 12.4. The van der Waals surface area contributed by atoms with Crippen molar-refractivity contribution >= 4 is 0 Å². The molecule has 1 aliphatic carbocycles. The maximum absolute atomic E-state index is 6.13. The van der Waals surface area contributed by atoms with Gasteiger partial charge in [0.25, 0.3) is 0 Å². The summed E-state index contributed by atoms with van der Waals surface area (Å²) >= 11 is 0. The topological polar surface area (TPSA) is 35.2 Å². The zero-order valence-corrected chi connectivity index (χ0v) is 12.4. The van der Waals surface area contributed by atoms with E-state index in [0.717, 1.165) is 25.0 Å². The van der Waals surface area contributed by atoms with Crippen LogP contribution < -0.4 is 10.5 Å². The summed E-state index contributed by atoms with van der Waals surface area (Å²) in [6.45, 7) is 0. The van der Waals surface area contributed by atoms with Gasteiger partial charge in [0, 0.05) is 6.04 Å². The number of benzene rings is 2. The zero-order chi connectivity index (χ0) is 14.5. The van der Waals surface area contributed by atoms with E-state index in [9.17, 15) is 0 Å². The molecule has 1 fully saturated rings. The van der Waals surface area contributed by atoms with E-state index >= 15 is 0 Å². The lowest BCUT2D eigenvalue weighted by Gasteiger charge is -2.29. The van der Waals surface area contributed by atoms with Crippen LogP contribution in [0, 0.1) is 0 Å². The standard InChI is InChI=1S/C19H23NO/c20-18-8-4-5-9-19(18)21-17-12-10-16(11-13-17)14-15-6-2-1-3-7-15/h1-3,6-7,10-13,18-19H,4-5,8-9,14,20H2. The van der Waals surface area contributed by atoms with Gasteiger partial charge in [-0.2, -0.15) is 0 Å². The maximum atomic E-state index is 6.13. The van der Waals surface area contributed by atoms with Gasteiger partial charge in [0.2, 0.25) is 0 Å². The Morgan fingerprint density at radius 1 is 0.857 bits per heavy atom. The molecule has 0 amide bonds. The molecule has 0 saturated heterocycles. The lowest BCUT2D eigenvalue weighted by Crippen LogP contribution is -2.41. The van der Waals surface area contributed by atoms with E-state index in [1.165, 1.54) is 24.0 Å². The molecule has 0 radical (unpaired) electrons. The molecule has 2 atom stereocenters. The fourth-order valence-corrected chi connectivity index (χ4v) is 2.96. The molecule has 3 rings (SSSR count). The molecule has 0 spiro atoms. The average molecular weight is 281 g/mol. The summed E-state index contributed by atoms with van der Waals surface area (Å²) in [5.41, 5.74) is 8.77. The minimum absolute atomic E-state index is 0.179. The van der Waals surface area contributed by atoms with E-state index in [0.29, 0.717) is 0 Å². The van der Waals surface area contributed by atoms with Crippen molar-refractivity contribution in [1.29, 1.82) is 0 Å². The molecule has 2 heteroatoms. The van der Waals surface area contributed by atoms with Crippen LogP contribution >= 0.6 is 0 Å². The van der Waals surface area contributed by atoms with E-state index in [4.69, 9.17) is 10.5 Å². The van der Waals surface area contributed by atoms with Gasteiger partial charge in [-0.15, -0.1) is 0 Å². The Kier molecular flexibility index (Phi) is 4.56. The van der Waals surface area contributed by atoms with Crippen LogP contribution in [0.4, 0.5) is 0 Å². The van der Waals surface area contributed by atoms with Crippen molar-refractivity contribution in [2.24, 2.45) is 5.73 Å². The summed E-state index contributed by atoms with van der Waals surface area (Å²) in [4.78, 5) is 0. The fraction of sp³-hybridized carbons (Fsp3) is 0.368. The smallest absolute Gasteiger partial charge is 0.119 e. The molecule has 2 nitrogen and oxygen atoms in total. The third-order valence-electron chi connectivity index (χ3n) is 4.22. The molecule has 0 bridgehead atoms. The van der Waals surface area contributed by atoms with Crippen LogP contribution in [-0.4, -0.2) is 12.1 Å². The lowest BCUT2D eigenvalue weighted by atomic mass is 9.93. The summed E-state index contributed by atoms with van der Waals surface area (Å²) in [5.74, 6) is 0.939. The van der Waals surface area contributed by atoms with E-state index in [-0.39, 0.29) is 12.1 Å². The average Bonchev–Trinajstić information content (AvgIpc) is 2.52. The minimum Gasteiger partial charge on any atom is -0.489 e. The predicted molar refractivity (Wildman–Crippen MR) is 86.5 cm³/mol. The Labute approximate surface area is 126 Å². The first-order chi connectivity index (χ1) is 10.3. The number of ether oxygens (including phenoxy) is 1. The van der Waals surface area contributed by atoms with Crippen LogP contribution in [0.25, 0.3) is 0 Å². The highest BCUT2D eigenvalue weighted by atomic mass is 16.5. The number of rotatable bonds is 4. The van der Waals surface area contributed by atoms with Gasteiger partial charge in [0.05, 0.1) is 0 Å². The molecule has 1 saturated carbocycles. The van der Waals surface area contributed by atoms with Crippen molar-refractivity contribution < 1.29 is 4.74 Å². The van der Waals surface area contributed by atoms with Gasteiger partial charge in [-0.1, -0.05) is 48.9 Å². The van der Waals surface area contributed by atoms with Gasteiger partial charge in [-0.25, -0.2) is 0 Å². The lowest BCUT2D eigenvalue weighted by molar-refractivity contribution is 0.132. The predicted octanol–water partition coefficient (Wildman–Crippen LogP) is 3.93. The van der Waals surface area contributed by atoms with Crippen molar-refractivity contribution in [3.8, 4) is 5.75 Å². The van der Waals surface area contributed by atoms with Crippen molar-refractivity contribution in [3.63, 3.8) is 0 Å². The van der Waals surface area contributed by atoms with E-state index in [2.05, 4.69) is 48.5 Å².